The van der Waals surface area contributed by atoms with Crippen LogP contribution in [0, 0.1) is 24.4 Å². The Hall–Kier alpha value is -1.78. The molecule has 2 heterocycles. The van der Waals surface area contributed by atoms with Crippen LogP contribution in [0.3, 0.4) is 0 Å². The van der Waals surface area contributed by atoms with Crippen molar-refractivity contribution in [1.82, 2.24) is 9.78 Å². The highest BCUT2D eigenvalue weighted by Crippen LogP contribution is 2.31. The lowest BCUT2D eigenvalue weighted by molar-refractivity contribution is 0.496. The molecular formula is C13H11F3N2. The monoisotopic (exact) mass is 252 g/mol. The van der Waals surface area contributed by atoms with E-state index in [1.807, 2.05) is 11.6 Å². The van der Waals surface area contributed by atoms with E-state index in [9.17, 15) is 13.2 Å². The number of aromatic nitrogens is 2. The molecule has 1 aliphatic heterocycles. The van der Waals surface area contributed by atoms with Crippen LogP contribution in [-0.4, -0.2) is 9.78 Å². The van der Waals surface area contributed by atoms with Crippen LogP contribution in [0.1, 0.15) is 17.7 Å². The Morgan fingerprint density at radius 2 is 1.83 bits per heavy atom. The second-order valence-corrected chi connectivity index (χ2v) is 4.49. The molecule has 0 saturated carbocycles. The van der Waals surface area contributed by atoms with E-state index in [0.717, 1.165) is 36.7 Å². The van der Waals surface area contributed by atoms with Crippen LogP contribution in [-0.2, 0) is 13.0 Å². The fraction of sp³-hybridized carbons (Fsp3) is 0.308. The van der Waals surface area contributed by atoms with E-state index in [1.165, 1.54) is 0 Å². The molecule has 0 atom stereocenters. The van der Waals surface area contributed by atoms with Gasteiger partial charge in [-0.25, -0.2) is 13.2 Å². The van der Waals surface area contributed by atoms with Gasteiger partial charge < -0.3 is 0 Å². The molecule has 94 valence electrons. The molecular weight excluding hydrogens is 241 g/mol. The van der Waals surface area contributed by atoms with Crippen molar-refractivity contribution >= 4 is 0 Å². The summed E-state index contributed by atoms with van der Waals surface area (Å²) in [6.45, 7) is 2.63. The average molecular weight is 252 g/mol. The third kappa shape index (κ3) is 1.54. The summed E-state index contributed by atoms with van der Waals surface area (Å²) in [5.41, 5.74) is 2.32. The van der Waals surface area contributed by atoms with Gasteiger partial charge in [-0.2, -0.15) is 5.10 Å². The summed E-state index contributed by atoms with van der Waals surface area (Å²) in [7, 11) is 0. The van der Waals surface area contributed by atoms with Gasteiger partial charge in [0.05, 0.1) is 5.69 Å². The summed E-state index contributed by atoms with van der Waals surface area (Å²) < 4.78 is 41.6. The summed E-state index contributed by atoms with van der Waals surface area (Å²) in [6, 6.07) is 1.43. The van der Waals surface area contributed by atoms with Gasteiger partial charge in [-0.1, -0.05) is 0 Å². The van der Waals surface area contributed by atoms with Gasteiger partial charge in [0.2, 0.25) is 0 Å². The Morgan fingerprint density at radius 1 is 1.11 bits per heavy atom. The minimum absolute atomic E-state index is 0.0216. The number of benzene rings is 1. The fourth-order valence-electron chi connectivity index (χ4n) is 2.44. The third-order valence-corrected chi connectivity index (χ3v) is 3.37. The Morgan fingerprint density at radius 3 is 2.56 bits per heavy atom. The molecule has 1 aromatic heterocycles. The van der Waals surface area contributed by atoms with Crippen molar-refractivity contribution in [2.24, 2.45) is 0 Å². The molecule has 2 aromatic rings. The lowest BCUT2D eigenvalue weighted by Crippen LogP contribution is -1.96. The largest absolute Gasteiger partial charge is 0.269 e. The van der Waals surface area contributed by atoms with Crippen molar-refractivity contribution in [2.75, 3.05) is 0 Å². The maximum atomic E-state index is 13.7. The first kappa shape index (κ1) is 11.3. The lowest BCUT2D eigenvalue weighted by Gasteiger charge is -2.03. The van der Waals surface area contributed by atoms with Crippen molar-refractivity contribution in [3.8, 4) is 11.3 Å². The summed E-state index contributed by atoms with van der Waals surface area (Å²) in [5, 5.41) is 4.28. The van der Waals surface area contributed by atoms with Gasteiger partial charge >= 0.3 is 0 Å². The van der Waals surface area contributed by atoms with Gasteiger partial charge in [-0.15, -0.1) is 0 Å². The van der Waals surface area contributed by atoms with Crippen molar-refractivity contribution in [3.63, 3.8) is 0 Å². The molecule has 0 spiro atoms. The fourth-order valence-corrected chi connectivity index (χ4v) is 2.44. The van der Waals surface area contributed by atoms with Crippen molar-refractivity contribution < 1.29 is 13.2 Å². The van der Waals surface area contributed by atoms with Crippen molar-refractivity contribution in [2.45, 2.75) is 26.3 Å². The summed E-state index contributed by atoms with van der Waals surface area (Å²) in [5.74, 6) is -3.02. The van der Waals surface area contributed by atoms with Gasteiger partial charge in [0.25, 0.3) is 0 Å². The second kappa shape index (κ2) is 3.86. The molecule has 18 heavy (non-hydrogen) atoms. The summed E-state index contributed by atoms with van der Waals surface area (Å²) in [4.78, 5) is 0. The molecule has 2 nitrogen and oxygen atoms in total. The van der Waals surface area contributed by atoms with Crippen LogP contribution < -0.4 is 0 Å². The third-order valence-electron chi connectivity index (χ3n) is 3.37. The smallest absolute Gasteiger partial charge is 0.161 e. The van der Waals surface area contributed by atoms with Crippen LogP contribution in [0.2, 0.25) is 0 Å². The number of aryl methyl sites for hydroxylation is 1. The molecule has 3 rings (SSSR count). The van der Waals surface area contributed by atoms with E-state index in [2.05, 4.69) is 5.10 Å². The predicted molar refractivity (Wildman–Crippen MR) is 60.6 cm³/mol. The Bertz CT molecular complexity index is 632. The zero-order chi connectivity index (χ0) is 12.9. The lowest BCUT2D eigenvalue weighted by atomic mass is 10.0. The first-order chi connectivity index (χ1) is 8.58. The normalized spacial score (nSPS) is 14.0. The maximum Gasteiger partial charge on any atom is 0.161 e. The molecule has 0 bridgehead atoms. The van der Waals surface area contributed by atoms with Crippen LogP contribution in [0.15, 0.2) is 12.1 Å². The quantitative estimate of drug-likeness (QED) is 0.712. The predicted octanol–water partition coefficient (Wildman–Crippen LogP) is 3.22. The number of hydrogen-bond donors (Lipinski definition) is 0. The SMILES string of the molecule is Cc1c(-c2cc(F)c(F)cc2F)nn2c1CCC2. The topological polar surface area (TPSA) is 17.8 Å². The van der Waals surface area contributed by atoms with Gasteiger partial charge in [-0.3, -0.25) is 4.68 Å². The number of rotatable bonds is 1. The number of nitrogens with zero attached hydrogens (tertiary/aromatic N) is 2. The number of fused-ring (bicyclic) bond motifs is 1. The first-order valence-corrected chi connectivity index (χ1v) is 5.79. The van der Waals surface area contributed by atoms with E-state index in [-0.39, 0.29) is 5.56 Å². The second-order valence-electron chi connectivity index (χ2n) is 4.49. The van der Waals surface area contributed by atoms with Gasteiger partial charge in [0, 0.05) is 23.9 Å². The van der Waals surface area contributed by atoms with Crippen LogP contribution >= 0.6 is 0 Å². The van der Waals surface area contributed by atoms with Gasteiger partial charge in [0.1, 0.15) is 5.82 Å². The molecule has 5 heteroatoms. The molecule has 0 fully saturated rings. The zero-order valence-electron chi connectivity index (χ0n) is 9.80. The molecule has 1 aromatic carbocycles. The van der Waals surface area contributed by atoms with Crippen LogP contribution in [0.25, 0.3) is 11.3 Å². The van der Waals surface area contributed by atoms with Crippen LogP contribution in [0.5, 0.6) is 0 Å². The van der Waals surface area contributed by atoms with E-state index in [4.69, 9.17) is 0 Å². The molecule has 0 unspecified atom stereocenters. The standard InChI is InChI=1S/C13H11F3N2/c1-7-12-3-2-4-18(12)17-13(7)8-5-10(15)11(16)6-9(8)14/h5-6H,2-4H2,1H3. The van der Waals surface area contributed by atoms with Crippen molar-refractivity contribution in [3.05, 3.63) is 40.8 Å². The molecule has 1 aliphatic rings. The Labute approximate surface area is 102 Å². The minimum atomic E-state index is -1.18. The zero-order valence-corrected chi connectivity index (χ0v) is 9.80. The minimum Gasteiger partial charge on any atom is -0.269 e. The van der Waals surface area contributed by atoms with E-state index >= 15 is 0 Å². The van der Waals surface area contributed by atoms with Gasteiger partial charge in [-0.05, 0) is 31.4 Å². The maximum absolute atomic E-state index is 13.7. The highest BCUT2D eigenvalue weighted by atomic mass is 19.2. The van der Waals surface area contributed by atoms with Crippen LogP contribution in [0.4, 0.5) is 13.2 Å². The average Bonchev–Trinajstić information content (AvgIpc) is 2.88. The molecule has 0 saturated heterocycles. The molecule has 0 N–H and O–H groups in total. The molecule has 0 aliphatic carbocycles. The van der Waals surface area contributed by atoms with E-state index < -0.39 is 17.5 Å². The highest BCUT2D eigenvalue weighted by Gasteiger charge is 2.22. The number of halogens is 3. The molecule has 0 amide bonds. The summed E-state index contributed by atoms with van der Waals surface area (Å²) in [6.07, 6.45) is 1.91. The van der Waals surface area contributed by atoms with E-state index in [1.54, 1.807) is 0 Å². The Kier molecular flexibility index (Phi) is 2.43. The first-order valence-electron chi connectivity index (χ1n) is 5.79. The molecule has 0 radical (unpaired) electrons. The number of hydrogen-bond acceptors (Lipinski definition) is 1. The van der Waals surface area contributed by atoms with Crippen molar-refractivity contribution in [1.29, 1.82) is 0 Å². The Balaban J connectivity index is 2.19. The van der Waals surface area contributed by atoms with E-state index in [0.29, 0.717) is 11.8 Å². The highest BCUT2D eigenvalue weighted by molar-refractivity contribution is 5.65. The van der Waals surface area contributed by atoms with Gasteiger partial charge in [0.15, 0.2) is 11.6 Å². The summed E-state index contributed by atoms with van der Waals surface area (Å²) >= 11 is 0.